The molecular formula is C20H20BrN3O4. The van der Waals surface area contributed by atoms with Crippen LogP contribution in [0.15, 0.2) is 58.2 Å². The van der Waals surface area contributed by atoms with E-state index in [0.717, 1.165) is 4.47 Å². The number of allylic oxidation sites excluding steroid dienone is 1. The number of benzene rings is 2. The first kappa shape index (κ1) is 19.8. The lowest BCUT2D eigenvalue weighted by Gasteiger charge is -2.29. The van der Waals surface area contributed by atoms with E-state index in [1.54, 1.807) is 51.5 Å². The minimum absolute atomic E-state index is 0.331. The molecule has 2 aromatic rings. The zero-order valence-electron chi connectivity index (χ0n) is 15.6. The highest BCUT2D eigenvalue weighted by atomic mass is 79.9. The summed E-state index contributed by atoms with van der Waals surface area (Å²) in [4.78, 5) is 25.1. The Hall–Kier alpha value is -3.00. The SMILES string of the molecule is COc1ccc(NC(=O)C2=C(C)NC(=O)N[C@@H]2c2cc(Br)ccc2OC)cc1. The fourth-order valence-electron chi connectivity index (χ4n) is 3.03. The lowest BCUT2D eigenvalue weighted by molar-refractivity contribution is -0.113. The van der Waals surface area contributed by atoms with Gasteiger partial charge in [-0.3, -0.25) is 4.79 Å². The second-order valence-electron chi connectivity index (χ2n) is 6.14. The monoisotopic (exact) mass is 445 g/mol. The van der Waals surface area contributed by atoms with Crippen LogP contribution in [0.1, 0.15) is 18.5 Å². The average molecular weight is 446 g/mol. The van der Waals surface area contributed by atoms with Gasteiger partial charge in [0.1, 0.15) is 11.5 Å². The quantitative estimate of drug-likeness (QED) is 0.653. The van der Waals surface area contributed by atoms with E-state index in [0.29, 0.717) is 34.0 Å². The molecule has 0 fully saturated rings. The molecule has 1 aliphatic rings. The summed E-state index contributed by atoms with van der Waals surface area (Å²) in [6.45, 7) is 1.69. The molecule has 1 heterocycles. The van der Waals surface area contributed by atoms with Crippen LogP contribution in [0.5, 0.6) is 11.5 Å². The molecule has 0 aliphatic carbocycles. The number of rotatable bonds is 5. The van der Waals surface area contributed by atoms with Crippen LogP contribution in [0.25, 0.3) is 0 Å². The van der Waals surface area contributed by atoms with Crippen molar-refractivity contribution in [1.29, 1.82) is 0 Å². The minimum Gasteiger partial charge on any atom is -0.497 e. The second-order valence-corrected chi connectivity index (χ2v) is 7.05. The molecule has 1 aliphatic heterocycles. The van der Waals surface area contributed by atoms with E-state index in [1.807, 2.05) is 12.1 Å². The Kier molecular flexibility index (Phi) is 5.89. The highest BCUT2D eigenvalue weighted by Gasteiger charge is 2.33. The largest absolute Gasteiger partial charge is 0.497 e. The van der Waals surface area contributed by atoms with Crippen LogP contribution < -0.4 is 25.4 Å². The van der Waals surface area contributed by atoms with Crippen LogP contribution in [-0.2, 0) is 4.79 Å². The summed E-state index contributed by atoms with van der Waals surface area (Å²) in [6.07, 6.45) is 0. The molecule has 0 bridgehead atoms. The first-order valence-corrected chi connectivity index (χ1v) is 9.29. The van der Waals surface area contributed by atoms with Gasteiger partial charge in [0.25, 0.3) is 5.91 Å². The van der Waals surface area contributed by atoms with Crippen LogP contribution >= 0.6 is 15.9 Å². The molecule has 3 rings (SSSR count). The molecule has 0 saturated heterocycles. The normalized spacial score (nSPS) is 16.1. The zero-order valence-corrected chi connectivity index (χ0v) is 17.2. The smallest absolute Gasteiger partial charge is 0.319 e. The first-order chi connectivity index (χ1) is 13.4. The van der Waals surface area contributed by atoms with Crippen LogP contribution in [0.4, 0.5) is 10.5 Å². The van der Waals surface area contributed by atoms with Gasteiger partial charge in [-0.05, 0) is 49.4 Å². The predicted molar refractivity (Wildman–Crippen MR) is 109 cm³/mol. The molecule has 146 valence electrons. The Morgan fingerprint density at radius 1 is 1.11 bits per heavy atom. The maximum absolute atomic E-state index is 13.1. The molecule has 0 unspecified atom stereocenters. The van der Waals surface area contributed by atoms with Crippen molar-refractivity contribution in [3.8, 4) is 11.5 Å². The molecule has 7 nitrogen and oxygen atoms in total. The van der Waals surface area contributed by atoms with Gasteiger partial charge in [-0.2, -0.15) is 0 Å². The van der Waals surface area contributed by atoms with Gasteiger partial charge in [0.05, 0.1) is 25.8 Å². The molecule has 8 heteroatoms. The van der Waals surface area contributed by atoms with E-state index >= 15 is 0 Å². The minimum atomic E-state index is -0.667. The van der Waals surface area contributed by atoms with E-state index < -0.39 is 6.04 Å². The Labute approximate surface area is 171 Å². The second kappa shape index (κ2) is 8.35. The third kappa shape index (κ3) is 4.12. The number of anilines is 1. The van der Waals surface area contributed by atoms with Gasteiger partial charge in [-0.1, -0.05) is 15.9 Å². The summed E-state index contributed by atoms with van der Waals surface area (Å²) in [6, 6.07) is 11.4. The van der Waals surface area contributed by atoms with Gasteiger partial charge in [0.2, 0.25) is 0 Å². The molecule has 0 spiro atoms. The van der Waals surface area contributed by atoms with Crippen molar-refractivity contribution in [3.05, 3.63) is 63.8 Å². The number of nitrogens with one attached hydrogen (secondary N) is 3. The molecular weight excluding hydrogens is 426 g/mol. The highest BCUT2D eigenvalue weighted by molar-refractivity contribution is 9.10. The zero-order chi connectivity index (χ0) is 20.3. The summed E-state index contributed by atoms with van der Waals surface area (Å²) >= 11 is 3.43. The first-order valence-electron chi connectivity index (χ1n) is 8.50. The van der Waals surface area contributed by atoms with Crippen molar-refractivity contribution in [3.63, 3.8) is 0 Å². The van der Waals surface area contributed by atoms with Crippen LogP contribution in [0.2, 0.25) is 0 Å². The topological polar surface area (TPSA) is 88.7 Å². The number of amides is 3. The molecule has 1 atom stereocenters. The molecule has 0 radical (unpaired) electrons. The van der Waals surface area contributed by atoms with Gasteiger partial charge < -0.3 is 25.4 Å². The van der Waals surface area contributed by atoms with Crippen molar-refractivity contribution < 1.29 is 19.1 Å². The van der Waals surface area contributed by atoms with E-state index in [-0.39, 0.29) is 11.9 Å². The standard InChI is InChI=1S/C20H20BrN3O4/c1-11-17(19(25)23-13-5-7-14(27-2)8-6-13)18(24-20(26)22-11)15-10-12(21)4-9-16(15)28-3/h4-10,18H,1-3H3,(H,23,25)(H2,22,24,26)/t18-/m1/s1. The number of carbonyl (C=O) groups excluding carboxylic acids is 2. The predicted octanol–water partition coefficient (Wildman–Crippen LogP) is 3.73. The van der Waals surface area contributed by atoms with Crippen molar-refractivity contribution in [1.82, 2.24) is 10.6 Å². The summed E-state index contributed by atoms with van der Waals surface area (Å²) in [5.41, 5.74) is 2.16. The Morgan fingerprint density at radius 2 is 1.82 bits per heavy atom. The number of hydrogen-bond acceptors (Lipinski definition) is 4. The van der Waals surface area contributed by atoms with Gasteiger partial charge in [0, 0.05) is 21.4 Å². The number of halogens is 1. The molecule has 3 N–H and O–H groups in total. The number of urea groups is 1. The van der Waals surface area contributed by atoms with E-state index in [9.17, 15) is 9.59 Å². The summed E-state index contributed by atoms with van der Waals surface area (Å²) in [5.74, 6) is 0.928. The number of carbonyl (C=O) groups is 2. The average Bonchev–Trinajstić information content (AvgIpc) is 2.67. The Morgan fingerprint density at radius 3 is 2.46 bits per heavy atom. The Bertz CT molecular complexity index is 941. The third-order valence-corrected chi connectivity index (χ3v) is 4.86. The lowest BCUT2D eigenvalue weighted by atomic mass is 9.94. The number of hydrogen-bond donors (Lipinski definition) is 3. The van der Waals surface area contributed by atoms with Gasteiger partial charge >= 0.3 is 6.03 Å². The van der Waals surface area contributed by atoms with Crippen LogP contribution in [0.3, 0.4) is 0 Å². The van der Waals surface area contributed by atoms with E-state index in [2.05, 4.69) is 31.9 Å². The van der Waals surface area contributed by atoms with E-state index in [4.69, 9.17) is 9.47 Å². The van der Waals surface area contributed by atoms with Crippen molar-refractivity contribution >= 4 is 33.6 Å². The Balaban J connectivity index is 1.97. The molecule has 0 saturated carbocycles. The number of methoxy groups -OCH3 is 2. The number of ether oxygens (including phenoxy) is 2. The van der Waals surface area contributed by atoms with Gasteiger partial charge in [-0.15, -0.1) is 0 Å². The molecule has 3 amide bonds. The fraction of sp³-hybridized carbons (Fsp3) is 0.200. The maximum Gasteiger partial charge on any atom is 0.319 e. The maximum atomic E-state index is 13.1. The molecule has 2 aromatic carbocycles. The fourth-order valence-corrected chi connectivity index (χ4v) is 3.41. The van der Waals surface area contributed by atoms with E-state index in [1.165, 1.54) is 0 Å². The molecule has 28 heavy (non-hydrogen) atoms. The lowest BCUT2D eigenvalue weighted by Crippen LogP contribution is -2.46. The highest BCUT2D eigenvalue weighted by Crippen LogP contribution is 2.35. The summed E-state index contributed by atoms with van der Waals surface area (Å²) < 4.78 is 11.4. The summed E-state index contributed by atoms with van der Waals surface area (Å²) in [7, 11) is 3.12. The van der Waals surface area contributed by atoms with Crippen molar-refractivity contribution in [2.75, 3.05) is 19.5 Å². The van der Waals surface area contributed by atoms with Gasteiger partial charge in [0.15, 0.2) is 0 Å². The van der Waals surface area contributed by atoms with Crippen molar-refractivity contribution in [2.45, 2.75) is 13.0 Å². The molecule has 0 aromatic heterocycles. The van der Waals surface area contributed by atoms with Crippen molar-refractivity contribution in [2.24, 2.45) is 0 Å². The summed E-state index contributed by atoms with van der Waals surface area (Å²) in [5, 5.41) is 8.34. The van der Waals surface area contributed by atoms with Crippen LogP contribution in [-0.4, -0.2) is 26.2 Å². The van der Waals surface area contributed by atoms with Crippen LogP contribution in [0, 0.1) is 0 Å². The third-order valence-electron chi connectivity index (χ3n) is 4.36. The van der Waals surface area contributed by atoms with Gasteiger partial charge in [-0.25, -0.2) is 4.79 Å².